The first-order chi connectivity index (χ1) is 13.5. The third-order valence-corrected chi connectivity index (χ3v) is 4.24. The molecule has 0 aliphatic heterocycles. The van der Waals surface area contributed by atoms with Gasteiger partial charge in [-0.3, -0.25) is 4.79 Å². The van der Waals surface area contributed by atoms with Crippen LogP contribution in [0.15, 0.2) is 39.9 Å². The summed E-state index contributed by atoms with van der Waals surface area (Å²) in [6.07, 6.45) is 1.52. The lowest BCUT2D eigenvalue weighted by Gasteiger charge is -2.13. The first-order valence-electron chi connectivity index (χ1n) is 8.68. The maximum Gasteiger partial charge on any atom is 0.275 e. The molecular weight excluding hydrogens is 428 g/mol. The molecule has 0 saturated carbocycles. The van der Waals surface area contributed by atoms with Gasteiger partial charge in [-0.2, -0.15) is 5.10 Å². The topological polar surface area (TPSA) is 78.4 Å². The lowest BCUT2D eigenvalue weighted by Crippen LogP contribution is -2.18. The number of hydrogen-bond acceptors (Lipinski definition) is 6. The van der Waals surface area contributed by atoms with Crippen molar-refractivity contribution < 1.29 is 23.7 Å². The van der Waals surface area contributed by atoms with Gasteiger partial charge >= 0.3 is 0 Å². The highest BCUT2D eigenvalue weighted by Crippen LogP contribution is 2.36. The van der Waals surface area contributed by atoms with Crippen LogP contribution in [0, 0.1) is 0 Å². The minimum absolute atomic E-state index is 0.350. The minimum atomic E-state index is -0.397. The second-order valence-corrected chi connectivity index (χ2v) is 6.32. The van der Waals surface area contributed by atoms with Gasteiger partial charge in [0.1, 0.15) is 11.5 Å². The molecule has 0 aromatic heterocycles. The Morgan fingerprint density at radius 1 is 1.07 bits per heavy atom. The number of hydrazone groups is 1. The average Bonchev–Trinajstić information content (AvgIpc) is 2.70. The maximum absolute atomic E-state index is 12.4. The molecule has 2 rings (SSSR count). The zero-order valence-corrected chi connectivity index (χ0v) is 17.8. The Kier molecular flexibility index (Phi) is 8.13. The van der Waals surface area contributed by atoms with Gasteiger partial charge < -0.3 is 18.9 Å². The molecule has 0 fully saturated rings. The lowest BCUT2D eigenvalue weighted by atomic mass is 10.2. The van der Waals surface area contributed by atoms with Crippen molar-refractivity contribution in [1.29, 1.82) is 0 Å². The number of carbonyl (C=O) groups is 1. The van der Waals surface area contributed by atoms with E-state index in [9.17, 15) is 4.79 Å². The van der Waals surface area contributed by atoms with Gasteiger partial charge in [0.25, 0.3) is 5.91 Å². The van der Waals surface area contributed by atoms with Crippen molar-refractivity contribution in [3.8, 4) is 23.0 Å². The summed E-state index contributed by atoms with van der Waals surface area (Å²) in [7, 11) is 3.03. The number of halogens is 1. The molecule has 28 heavy (non-hydrogen) atoms. The van der Waals surface area contributed by atoms with Gasteiger partial charge in [0.2, 0.25) is 0 Å². The fraction of sp³-hybridized carbons (Fsp3) is 0.300. The van der Waals surface area contributed by atoms with Crippen LogP contribution in [0.5, 0.6) is 23.0 Å². The Labute approximate surface area is 172 Å². The number of nitrogens with one attached hydrogen (secondary N) is 1. The van der Waals surface area contributed by atoms with E-state index in [0.717, 1.165) is 10.0 Å². The molecule has 0 bridgehead atoms. The van der Waals surface area contributed by atoms with Gasteiger partial charge in [0.05, 0.1) is 43.7 Å². The van der Waals surface area contributed by atoms with Gasteiger partial charge in [-0.15, -0.1) is 0 Å². The molecule has 7 nitrogen and oxygen atoms in total. The highest BCUT2D eigenvalue weighted by Gasteiger charge is 2.13. The van der Waals surface area contributed by atoms with Gasteiger partial charge in [0, 0.05) is 6.07 Å². The van der Waals surface area contributed by atoms with Gasteiger partial charge in [0.15, 0.2) is 11.5 Å². The molecule has 0 spiro atoms. The van der Waals surface area contributed by atoms with Crippen LogP contribution in [0.4, 0.5) is 0 Å². The largest absolute Gasteiger partial charge is 0.497 e. The fourth-order valence-corrected chi connectivity index (χ4v) is 3.00. The molecule has 8 heteroatoms. The van der Waals surface area contributed by atoms with Crippen LogP contribution < -0.4 is 24.4 Å². The summed E-state index contributed by atoms with van der Waals surface area (Å²) in [6.45, 7) is 4.82. The molecule has 1 N–H and O–H groups in total. The van der Waals surface area contributed by atoms with Crippen LogP contribution in [-0.4, -0.2) is 39.6 Å². The van der Waals surface area contributed by atoms with Crippen LogP contribution in [0.25, 0.3) is 0 Å². The summed E-state index contributed by atoms with van der Waals surface area (Å²) in [6, 6.07) is 8.55. The van der Waals surface area contributed by atoms with Gasteiger partial charge in [-0.25, -0.2) is 5.43 Å². The molecule has 0 aliphatic carbocycles. The Morgan fingerprint density at radius 2 is 1.82 bits per heavy atom. The molecule has 0 radical (unpaired) electrons. The number of nitrogens with zero attached hydrogens (tertiary/aromatic N) is 1. The minimum Gasteiger partial charge on any atom is -0.497 e. The highest BCUT2D eigenvalue weighted by atomic mass is 79.9. The third-order valence-electron chi connectivity index (χ3n) is 3.65. The quantitative estimate of drug-likeness (QED) is 0.460. The predicted octanol–water partition coefficient (Wildman–Crippen LogP) is 4.03. The van der Waals surface area contributed by atoms with Crippen LogP contribution in [0.2, 0.25) is 0 Å². The standard InChI is InChI=1S/C20H23BrN2O5/c1-5-27-18-10-13(9-16(21)19(18)28-6-2)12-22-23-20(24)15-8-7-14(25-3)11-17(15)26-4/h7-12H,5-6H2,1-4H3,(H,23,24)/b22-12-. The summed E-state index contributed by atoms with van der Waals surface area (Å²) in [5.74, 6) is 1.83. The second-order valence-electron chi connectivity index (χ2n) is 5.46. The second kappa shape index (κ2) is 10.6. The van der Waals surface area contributed by atoms with Crippen molar-refractivity contribution in [2.75, 3.05) is 27.4 Å². The van der Waals surface area contributed by atoms with E-state index >= 15 is 0 Å². The summed E-state index contributed by atoms with van der Waals surface area (Å²) >= 11 is 3.48. The number of amides is 1. The number of methoxy groups -OCH3 is 2. The summed E-state index contributed by atoms with van der Waals surface area (Å²) < 4.78 is 22.3. The normalized spacial score (nSPS) is 10.6. The number of hydrogen-bond donors (Lipinski definition) is 1. The van der Waals surface area contributed by atoms with Gasteiger partial charge in [-0.05, 0) is 59.6 Å². The first-order valence-corrected chi connectivity index (χ1v) is 9.47. The summed E-state index contributed by atoms with van der Waals surface area (Å²) in [5.41, 5.74) is 3.58. The number of ether oxygens (including phenoxy) is 4. The Bertz CT molecular complexity index is 855. The van der Waals surface area contributed by atoms with E-state index in [-0.39, 0.29) is 0 Å². The Balaban J connectivity index is 2.17. The monoisotopic (exact) mass is 450 g/mol. The molecule has 2 aromatic rings. The maximum atomic E-state index is 12.4. The number of carbonyl (C=O) groups excluding carboxylic acids is 1. The van der Waals surface area contributed by atoms with Crippen LogP contribution in [0.3, 0.4) is 0 Å². The van der Waals surface area contributed by atoms with Crippen molar-refractivity contribution in [3.63, 3.8) is 0 Å². The van der Waals surface area contributed by atoms with Crippen LogP contribution >= 0.6 is 15.9 Å². The molecule has 0 saturated heterocycles. The van der Waals surface area contributed by atoms with Gasteiger partial charge in [-0.1, -0.05) is 0 Å². The van der Waals surface area contributed by atoms with E-state index in [4.69, 9.17) is 18.9 Å². The molecule has 150 valence electrons. The lowest BCUT2D eigenvalue weighted by molar-refractivity contribution is 0.0952. The summed E-state index contributed by atoms with van der Waals surface area (Å²) in [5, 5.41) is 4.03. The molecule has 0 aliphatic rings. The number of benzene rings is 2. The highest BCUT2D eigenvalue weighted by molar-refractivity contribution is 9.10. The van der Waals surface area contributed by atoms with E-state index in [0.29, 0.717) is 41.8 Å². The zero-order valence-electron chi connectivity index (χ0n) is 16.2. The van der Waals surface area contributed by atoms with E-state index in [1.54, 1.807) is 31.4 Å². The van der Waals surface area contributed by atoms with E-state index in [2.05, 4.69) is 26.5 Å². The molecule has 2 aromatic carbocycles. The van der Waals surface area contributed by atoms with Crippen LogP contribution in [0.1, 0.15) is 29.8 Å². The SMILES string of the molecule is CCOc1cc(/C=N\NC(=O)c2ccc(OC)cc2OC)cc(Br)c1OCC. The third kappa shape index (κ3) is 5.39. The fourth-order valence-electron chi connectivity index (χ4n) is 2.42. The molecule has 0 unspecified atom stereocenters. The zero-order chi connectivity index (χ0) is 20.5. The number of rotatable bonds is 9. The van der Waals surface area contributed by atoms with E-state index in [1.807, 2.05) is 19.9 Å². The molecule has 0 heterocycles. The molecular formula is C20H23BrN2O5. The van der Waals surface area contributed by atoms with Crippen molar-refractivity contribution in [3.05, 3.63) is 45.9 Å². The van der Waals surface area contributed by atoms with E-state index < -0.39 is 5.91 Å². The van der Waals surface area contributed by atoms with Crippen molar-refractivity contribution in [2.45, 2.75) is 13.8 Å². The Hall–Kier alpha value is -2.74. The first kappa shape index (κ1) is 21.6. The van der Waals surface area contributed by atoms with Crippen molar-refractivity contribution >= 4 is 28.1 Å². The van der Waals surface area contributed by atoms with Crippen molar-refractivity contribution in [1.82, 2.24) is 5.43 Å². The van der Waals surface area contributed by atoms with Crippen molar-refractivity contribution in [2.24, 2.45) is 5.10 Å². The van der Waals surface area contributed by atoms with E-state index in [1.165, 1.54) is 13.3 Å². The molecule has 0 atom stereocenters. The predicted molar refractivity (Wildman–Crippen MR) is 111 cm³/mol. The van der Waals surface area contributed by atoms with Crippen LogP contribution in [-0.2, 0) is 0 Å². The summed E-state index contributed by atoms with van der Waals surface area (Å²) in [4.78, 5) is 12.4. The average molecular weight is 451 g/mol. The smallest absolute Gasteiger partial charge is 0.275 e. The Morgan fingerprint density at radius 3 is 2.46 bits per heavy atom. The molecule has 1 amide bonds.